The van der Waals surface area contributed by atoms with Gasteiger partial charge in [0.1, 0.15) is 5.75 Å². The third-order valence-corrected chi connectivity index (χ3v) is 4.41. The van der Waals surface area contributed by atoms with Crippen molar-refractivity contribution in [3.63, 3.8) is 0 Å². The zero-order valence-corrected chi connectivity index (χ0v) is 13.5. The summed E-state index contributed by atoms with van der Waals surface area (Å²) >= 11 is 3.47. The van der Waals surface area contributed by atoms with Crippen molar-refractivity contribution in [3.05, 3.63) is 28.2 Å². The molecule has 1 N–H and O–H groups in total. The first-order chi connectivity index (χ1) is 9.70. The fourth-order valence-electron chi connectivity index (χ4n) is 2.77. The fourth-order valence-corrected chi connectivity index (χ4v) is 3.18. The van der Waals surface area contributed by atoms with Crippen LogP contribution in [0.3, 0.4) is 0 Å². The molecule has 0 atom stereocenters. The Kier molecular flexibility index (Phi) is 5.89. The average Bonchev–Trinajstić information content (AvgIpc) is 2.48. The average molecular weight is 340 g/mol. The number of ether oxygens (including phenoxy) is 1. The molecule has 1 aromatic rings. The van der Waals surface area contributed by atoms with E-state index in [9.17, 15) is 4.79 Å². The molecule has 1 aromatic carbocycles. The van der Waals surface area contributed by atoms with Crippen LogP contribution in [0.15, 0.2) is 22.7 Å². The lowest BCUT2D eigenvalue weighted by Gasteiger charge is -2.20. The van der Waals surface area contributed by atoms with Crippen LogP contribution < -0.4 is 10.1 Å². The number of methoxy groups -OCH3 is 1. The highest BCUT2D eigenvalue weighted by Gasteiger charge is 2.20. The second-order valence-electron chi connectivity index (χ2n) is 5.33. The Balaban J connectivity index is 1.83. The number of hydrogen-bond acceptors (Lipinski definition) is 2. The first-order valence-electron chi connectivity index (χ1n) is 7.31. The van der Waals surface area contributed by atoms with Gasteiger partial charge in [0.2, 0.25) is 5.91 Å². The van der Waals surface area contributed by atoms with Crippen LogP contribution in [0.25, 0.3) is 0 Å². The van der Waals surface area contributed by atoms with Gasteiger partial charge in [0.05, 0.1) is 7.11 Å². The zero-order chi connectivity index (χ0) is 14.4. The lowest BCUT2D eigenvalue weighted by molar-refractivity contribution is -0.125. The Labute approximate surface area is 129 Å². The van der Waals surface area contributed by atoms with Crippen molar-refractivity contribution in [2.75, 3.05) is 13.7 Å². The van der Waals surface area contributed by atoms with E-state index in [0.717, 1.165) is 35.0 Å². The van der Waals surface area contributed by atoms with Crippen LogP contribution in [0.4, 0.5) is 0 Å². The molecule has 2 rings (SSSR count). The van der Waals surface area contributed by atoms with Crippen molar-refractivity contribution in [2.45, 2.75) is 38.5 Å². The molecule has 20 heavy (non-hydrogen) atoms. The molecule has 4 heteroatoms. The number of rotatable bonds is 5. The first-order valence-corrected chi connectivity index (χ1v) is 8.10. The number of carbonyl (C=O) groups is 1. The van der Waals surface area contributed by atoms with Gasteiger partial charge >= 0.3 is 0 Å². The van der Waals surface area contributed by atoms with Crippen LogP contribution in [0.5, 0.6) is 5.75 Å². The van der Waals surface area contributed by atoms with Crippen molar-refractivity contribution in [3.8, 4) is 5.75 Å². The Morgan fingerprint density at radius 2 is 2.10 bits per heavy atom. The minimum absolute atomic E-state index is 0.221. The van der Waals surface area contributed by atoms with Crippen LogP contribution in [0.2, 0.25) is 0 Å². The van der Waals surface area contributed by atoms with Gasteiger partial charge in [-0.1, -0.05) is 35.2 Å². The number of hydrogen-bond donors (Lipinski definition) is 1. The summed E-state index contributed by atoms with van der Waals surface area (Å²) in [5.41, 5.74) is 1.12. The topological polar surface area (TPSA) is 38.3 Å². The van der Waals surface area contributed by atoms with Gasteiger partial charge in [-0.15, -0.1) is 0 Å². The molecule has 0 unspecified atom stereocenters. The van der Waals surface area contributed by atoms with Crippen LogP contribution in [0.1, 0.15) is 37.7 Å². The number of carbonyl (C=O) groups excluding carboxylic acids is 1. The smallest absolute Gasteiger partial charge is 0.223 e. The molecule has 0 saturated heterocycles. The van der Waals surface area contributed by atoms with E-state index in [-0.39, 0.29) is 11.8 Å². The van der Waals surface area contributed by atoms with Crippen molar-refractivity contribution in [1.82, 2.24) is 5.32 Å². The van der Waals surface area contributed by atoms with E-state index in [2.05, 4.69) is 21.2 Å². The molecule has 1 amide bonds. The van der Waals surface area contributed by atoms with Crippen LogP contribution >= 0.6 is 15.9 Å². The minimum atomic E-state index is 0.221. The molecule has 0 aromatic heterocycles. The third-order valence-electron chi connectivity index (χ3n) is 3.91. The molecule has 1 aliphatic carbocycles. The monoisotopic (exact) mass is 339 g/mol. The highest BCUT2D eigenvalue weighted by Crippen LogP contribution is 2.24. The highest BCUT2D eigenvalue weighted by atomic mass is 79.9. The molecule has 0 bridgehead atoms. The Morgan fingerprint density at radius 1 is 1.35 bits per heavy atom. The van der Waals surface area contributed by atoms with Crippen molar-refractivity contribution >= 4 is 21.8 Å². The van der Waals surface area contributed by atoms with E-state index in [4.69, 9.17) is 4.74 Å². The Morgan fingerprint density at radius 3 is 2.80 bits per heavy atom. The Hall–Kier alpha value is -1.03. The van der Waals surface area contributed by atoms with E-state index in [0.29, 0.717) is 6.54 Å². The maximum atomic E-state index is 12.1. The lowest BCUT2D eigenvalue weighted by Crippen LogP contribution is -2.33. The van der Waals surface area contributed by atoms with Gasteiger partial charge < -0.3 is 10.1 Å². The molecule has 0 spiro atoms. The van der Waals surface area contributed by atoms with Gasteiger partial charge in [-0.3, -0.25) is 4.79 Å². The van der Waals surface area contributed by atoms with Gasteiger partial charge in [0, 0.05) is 16.9 Å². The quantitative estimate of drug-likeness (QED) is 0.888. The van der Waals surface area contributed by atoms with Gasteiger partial charge in [-0.05, 0) is 43.0 Å². The summed E-state index contributed by atoms with van der Waals surface area (Å²) in [7, 11) is 1.67. The molecule has 3 nitrogen and oxygen atoms in total. The largest absolute Gasteiger partial charge is 0.496 e. The van der Waals surface area contributed by atoms with Crippen molar-refractivity contribution in [1.29, 1.82) is 0 Å². The standard InChI is InChI=1S/C16H22BrNO2/c1-20-15-8-7-14(17)11-13(15)9-10-18-16(19)12-5-3-2-4-6-12/h7-8,11-12H,2-6,9-10H2,1H3,(H,18,19). The number of amides is 1. The van der Waals surface area contributed by atoms with E-state index in [1.807, 2.05) is 18.2 Å². The Bertz CT molecular complexity index is 456. The second kappa shape index (κ2) is 7.67. The molecule has 1 saturated carbocycles. The predicted molar refractivity (Wildman–Crippen MR) is 84.0 cm³/mol. The summed E-state index contributed by atoms with van der Waals surface area (Å²) in [4.78, 5) is 12.1. The maximum Gasteiger partial charge on any atom is 0.223 e. The lowest BCUT2D eigenvalue weighted by atomic mass is 9.88. The SMILES string of the molecule is COc1ccc(Br)cc1CCNC(=O)C1CCCCC1. The van der Waals surface area contributed by atoms with Gasteiger partial charge in [0.25, 0.3) is 0 Å². The second-order valence-corrected chi connectivity index (χ2v) is 6.25. The summed E-state index contributed by atoms with van der Waals surface area (Å²) < 4.78 is 6.37. The number of nitrogens with one attached hydrogen (secondary N) is 1. The molecular formula is C16H22BrNO2. The molecule has 1 aliphatic rings. The number of halogens is 1. The van der Waals surface area contributed by atoms with E-state index >= 15 is 0 Å². The minimum Gasteiger partial charge on any atom is -0.496 e. The maximum absolute atomic E-state index is 12.1. The number of benzene rings is 1. The summed E-state index contributed by atoms with van der Waals surface area (Å²) in [6.45, 7) is 0.669. The molecule has 0 radical (unpaired) electrons. The first kappa shape index (κ1) is 15.4. The zero-order valence-electron chi connectivity index (χ0n) is 12.0. The van der Waals surface area contributed by atoms with Crippen LogP contribution in [0, 0.1) is 5.92 Å². The fraction of sp³-hybridized carbons (Fsp3) is 0.562. The third kappa shape index (κ3) is 4.23. The van der Waals surface area contributed by atoms with Crippen LogP contribution in [-0.4, -0.2) is 19.6 Å². The normalized spacial score (nSPS) is 15.9. The van der Waals surface area contributed by atoms with E-state index in [1.54, 1.807) is 7.11 Å². The summed E-state index contributed by atoms with van der Waals surface area (Å²) in [5, 5.41) is 3.06. The van der Waals surface area contributed by atoms with Crippen molar-refractivity contribution in [2.24, 2.45) is 5.92 Å². The molecule has 0 aliphatic heterocycles. The highest BCUT2D eigenvalue weighted by molar-refractivity contribution is 9.10. The van der Waals surface area contributed by atoms with Gasteiger partial charge in [-0.25, -0.2) is 0 Å². The molecule has 110 valence electrons. The predicted octanol–water partition coefficient (Wildman–Crippen LogP) is 3.70. The molecule has 1 fully saturated rings. The summed E-state index contributed by atoms with van der Waals surface area (Å²) in [6, 6.07) is 5.96. The molecular weight excluding hydrogens is 318 g/mol. The van der Waals surface area contributed by atoms with E-state index < -0.39 is 0 Å². The summed E-state index contributed by atoms with van der Waals surface area (Å²) in [6.07, 6.45) is 6.55. The summed E-state index contributed by atoms with van der Waals surface area (Å²) in [5.74, 6) is 1.33. The van der Waals surface area contributed by atoms with Crippen LogP contribution in [-0.2, 0) is 11.2 Å². The van der Waals surface area contributed by atoms with Crippen molar-refractivity contribution < 1.29 is 9.53 Å². The van der Waals surface area contributed by atoms with Gasteiger partial charge in [-0.2, -0.15) is 0 Å². The molecule has 0 heterocycles. The van der Waals surface area contributed by atoms with Gasteiger partial charge in [0.15, 0.2) is 0 Å². The van der Waals surface area contributed by atoms with E-state index in [1.165, 1.54) is 19.3 Å².